The van der Waals surface area contributed by atoms with Crippen molar-refractivity contribution >= 4 is 17.2 Å². The topological polar surface area (TPSA) is 46.1 Å². The first-order valence-electron chi connectivity index (χ1n) is 7.75. The van der Waals surface area contributed by atoms with Gasteiger partial charge >= 0.3 is 0 Å². The van der Waals surface area contributed by atoms with E-state index < -0.39 is 0 Å². The summed E-state index contributed by atoms with van der Waals surface area (Å²) in [6.45, 7) is 5.45. The Kier molecular flexibility index (Phi) is 4.52. The molecule has 0 bridgehead atoms. The molecule has 1 saturated heterocycles. The number of rotatable bonds is 3. The Balaban J connectivity index is 1.65. The third kappa shape index (κ3) is 3.53. The smallest absolute Gasteiger partial charge is 0.219 e. The van der Waals surface area contributed by atoms with Crippen LogP contribution in [0.15, 0.2) is 23.7 Å². The van der Waals surface area contributed by atoms with Gasteiger partial charge in [0, 0.05) is 37.3 Å². The summed E-state index contributed by atoms with van der Waals surface area (Å²) in [6.07, 6.45) is 5.25. The van der Waals surface area contributed by atoms with E-state index in [1.54, 1.807) is 18.3 Å². The largest absolute Gasteiger partial charge is 0.343 e. The molecule has 1 fully saturated rings. The molecule has 1 aliphatic heterocycles. The molecule has 0 saturated carbocycles. The third-order valence-electron chi connectivity index (χ3n) is 4.15. The van der Waals surface area contributed by atoms with Crippen LogP contribution in [0, 0.1) is 12.8 Å². The van der Waals surface area contributed by atoms with Crippen LogP contribution in [0.1, 0.15) is 31.0 Å². The highest BCUT2D eigenvalue weighted by Crippen LogP contribution is 2.24. The van der Waals surface area contributed by atoms with E-state index in [1.165, 1.54) is 12.0 Å². The highest BCUT2D eigenvalue weighted by Gasteiger charge is 2.21. The van der Waals surface area contributed by atoms with Crippen molar-refractivity contribution in [3.8, 4) is 10.7 Å². The lowest BCUT2D eigenvalue weighted by Gasteiger charge is -2.32. The Morgan fingerprint density at radius 2 is 2.32 bits per heavy atom. The summed E-state index contributed by atoms with van der Waals surface area (Å²) < 4.78 is 0. The maximum atomic E-state index is 11.5. The summed E-state index contributed by atoms with van der Waals surface area (Å²) in [5.41, 5.74) is 3.22. The molecule has 3 heterocycles. The van der Waals surface area contributed by atoms with Crippen LogP contribution in [0.5, 0.6) is 0 Å². The molecule has 116 valence electrons. The van der Waals surface area contributed by atoms with Crippen molar-refractivity contribution in [2.45, 2.75) is 33.1 Å². The zero-order chi connectivity index (χ0) is 15.5. The van der Waals surface area contributed by atoms with E-state index in [4.69, 9.17) is 0 Å². The van der Waals surface area contributed by atoms with Gasteiger partial charge in [-0.15, -0.1) is 11.3 Å². The molecule has 0 aromatic carbocycles. The lowest BCUT2D eigenvalue weighted by atomic mass is 9.92. The van der Waals surface area contributed by atoms with Crippen molar-refractivity contribution in [1.82, 2.24) is 14.9 Å². The van der Waals surface area contributed by atoms with E-state index in [0.29, 0.717) is 5.92 Å². The fraction of sp³-hybridized carbons (Fsp3) is 0.471. The Bertz CT molecular complexity index is 650. The molecule has 2 aromatic rings. The van der Waals surface area contributed by atoms with Crippen LogP contribution in [0.2, 0.25) is 0 Å². The second kappa shape index (κ2) is 6.57. The minimum absolute atomic E-state index is 0.192. The predicted molar refractivity (Wildman–Crippen MR) is 88.8 cm³/mol. The minimum Gasteiger partial charge on any atom is -0.343 e. The van der Waals surface area contributed by atoms with E-state index in [1.807, 2.05) is 23.4 Å². The van der Waals surface area contributed by atoms with E-state index in [9.17, 15) is 4.79 Å². The first-order chi connectivity index (χ1) is 10.6. The van der Waals surface area contributed by atoms with Crippen LogP contribution >= 0.6 is 11.3 Å². The van der Waals surface area contributed by atoms with Crippen molar-refractivity contribution in [3.63, 3.8) is 0 Å². The van der Waals surface area contributed by atoms with Crippen molar-refractivity contribution in [2.24, 2.45) is 5.92 Å². The van der Waals surface area contributed by atoms with Gasteiger partial charge in [0.25, 0.3) is 0 Å². The average molecular weight is 315 g/mol. The van der Waals surface area contributed by atoms with Crippen molar-refractivity contribution < 1.29 is 4.79 Å². The molecule has 0 N–H and O–H groups in total. The van der Waals surface area contributed by atoms with Gasteiger partial charge in [0.05, 0.1) is 5.69 Å². The van der Waals surface area contributed by atoms with Gasteiger partial charge in [-0.3, -0.25) is 9.78 Å². The van der Waals surface area contributed by atoms with Gasteiger partial charge in [-0.1, -0.05) is 6.07 Å². The summed E-state index contributed by atoms with van der Waals surface area (Å²) >= 11 is 1.63. The van der Waals surface area contributed by atoms with Crippen LogP contribution in [0.4, 0.5) is 0 Å². The van der Waals surface area contributed by atoms with E-state index in [0.717, 1.165) is 42.3 Å². The predicted octanol–water partition coefficient (Wildman–Crippen LogP) is 3.31. The zero-order valence-corrected chi connectivity index (χ0v) is 13.9. The number of hydrogen-bond acceptors (Lipinski definition) is 4. The Labute approximate surface area is 135 Å². The zero-order valence-electron chi connectivity index (χ0n) is 13.1. The SMILES string of the molecule is CC(=O)N1CCC[C@@H](Cc2ccc(-c3nc(C)cs3)nc2)C1. The summed E-state index contributed by atoms with van der Waals surface area (Å²) in [4.78, 5) is 22.5. The van der Waals surface area contributed by atoms with Gasteiger partial charge in [0.1, 0.15) is 5.01 Å². The number of aryl methyl sites for hydroxylation is 1. The standard InChI is InChI=1S/C17H21N3OS/c1-12-11-22-17(19-12)16-6-5-14(9-18-16)8-15-4-3-7-20(10-15)13(2)21/h5-6,9,11,15H,3-4,7-8,10H2,1-2H3/t15-/m0/s1. The average Bonchev–Trinajstić information content (AvgIpc) is 2.95. The molecule has 22 heavy (non-hydrogen) atoms. The molecule has 1 atom stereocenters. The number of nitrogens with zero attached hydrogens (tertiary/aromatic N) is 3. The van der Waals surface area contributed by atoms with Crippen LogP contribution < -0.4 is 0 Å². The summed E-state index contributed by atoms with van der Waals surface area (Å²) in [7, 11) is 0. The Morgan fingerprint density at radius 1 is 1.45 bits per heavy atom. The summed E-state index contributed by atoms with van der Waals surface area (Å²) in [5.74, 6) is 0.740. The second-order valence-electron chi connectivity index (χ2n) is 6.02. The maximum absolute atomic E-state index is 11.5. The lowest BCUT2D eigenvalue weighted by molar-refractivity contribution is -0.130. The fourth-order valence-corrected chi connectivity index (χ4v) is 3.77. The first kappa shape index (κ1) is 15.2. The van der Waals surface area contributed by atoms with Crippen LogP contribution in [-0.4, -0.2) is 33.9 Å². The maximum Gasteiger partial charge on any atom is 0.219 e. The van der Waals surface area contributed by atoms with E-state index in [2.05, 4.69) is 22.1 Å². The third-order valence-corrected chi connectivity index (χ3v) is 5.13. The molecule has 1 amide bonds. The summed E-state index contributed by atoms with van der Waals surface area (Å²) in [5, 5.41) is 3.02. The molecule has 0 spiro atoms. The number of hydrogen-bond donors (Lipinski definition) is 0. The number of piperidine rings is 1. The highest BCUT2D eigenvalue weighted by molar-refractivity contribution is 7.13. The second-order valence-corrected chi connectivity index (χ2v) is 6.88. The van der Waals surface area contributed by atoms with Gasteiger partial charge < -0.3 is 4.90 Å². The fourth-order valence-electron chi connectivity index (χ4n) is 2.99. The number of amides is 1. The van der Waals surface area contributed by atoms with Gasteiger partial charge in [-0.05, 0) is 43.7 Å². The molecule has 1 aliphatic rings. The molecule has 0 aliphatic carbocycles. The monoisotopic (exact) mass is 315 g/mol. The van der Waals surface area contributed by atoms with E-state index in [-0.39, 0.29) is 5.91 Å². The minimum atomic E-state index is 0.192. The van der Waals surface area contributed by atoms with Crippen molar-refractivity contribution in [3.05, 3.63) is 35.0 Å². The number of pyridine rings is 1. The Morgan fingerprint density at radius 3 is 2.95 bits per heavy atom. The molecule has 2 aromatic heterocycles. The van der Waals surface area contributed by atoms with Gasteiger partial charge in [-0.2, -0.15) is 0 Å². The normalized spacial score (nSPS) is 18.5. The Hall–Kier alpha value is -1.75. The molecule has 0 unspecified atom stereocenters. The molecule has 3 rings (SSSR count). The molecule has 5 heteroatoms. The van der Waals surface area contributed by atoms with Crippen LogP contribution in [0.25, 0.3) is 10.7 Å². The molecular weight excluding hydrogens is 294 g/mol. The van der Waals surface area contributed by atoms with E-state index >= 15 is 0 Å². The molecule has 4 nitrogen and oxygen atoms in total. The van der Waals surface area contributed by atoms with Crippen molar-refractivity contribution in [1.29, 1.82) is 0 Å². The molecular formula is C17H21N3OS. The quantitative estimate of drug-likeness (QED) is 0.873. The molecule has 0 radical (unpaired) electrons. The van der Waals surface area contributed by atoms with Gasteiger partial charge in [0.15, 0.2) is 0 Å². The van der Waals surface area contributed by atoms with Crippen molar-refractivity contribution in [2.75, 3.05) is 13.1 Å². The van der Waals surface area contributed by atoms with Crippen LogP contribution in [-0.2, 0) is 11.2 Å². The number of carbonyl (C=O) groups excluding carboxylic acids is 1. The lowest BCUT2D eigenvalue weighted by Crippen LogP contribution is -2.39. The summed E-state index contributed by atoms with van der Waals surface area (Å²) in [6, 6.07) is 4.20. The van der Waals surface area contributed by atoms with Gasteiger partial charge in [0.2, 0.25) is 5.91 Å². The number of likely N-dealkylation sites (tertiary alicyclic amines) is 1. The van der Waals surface area contributed by atoms with Gasteiger partial charge in [-0.25, -0.2) is 4.98 Å². The number of aromatic nitrogens is 2. The number of carbonyl (C=O) groups is 1. The highest BCUT2D eigenvalue weighted by atomic mass is 32.1. The number of thiazole rings is 1. The first-order valence-corrected chi connectivity index (χ1v) is 8.63. The van der Waals surface area contributed by atoms with Crippen LogP contribution in [0.3, 0.4) is 0 Å².